The number of carbonyl (C=O) groups is 1. The number of carbonyl (C=O) groups excluding carboxylic acids is 1. The molecule has 0 saturated carbocycles. The second kappa shape index (κ2) is 9.99. The van der Waals surface area contributed by atoms with Gasteiger partial charge in [0.25, 0.3) is 5.91 Å². The maximum atomic E-state index is 14.1. The number of hydrogen-bond donors (Lipinski definition) is 0. The molecule has 1 amide bonds. The summed E-state index contributed by atoms with van der Waals surface area (Å²) < 4.78 is 43.6. The molecule has 10 heteroatoms. The molecule has 0 N–H and O–H groups in total. The van der Waals surface area contributed by atoms with Crippen LogP contribution in [0.15, 0.2) is 95.5 Å². The first kappa shape index (κ1) is 25.0. The van der Waals surface area contributed by atoms with Gasteiger partial charge < -0.3 is 4.90 Å². The molecule has 37 heavy (non-hydrogen) atoms. The molecule has 2 aromatic heterocycles. The van der Waals surface area contributed by atoms with Crippen LogP contribution in [-0.2, 0) is 12.7 Å². The standard InChI is InChI=1S/C27H17BrClF3N4O/c28-19-13-11-18(12-14-19)21-15-22(27(30,31)32)36-25(33-21)23(29)24(34-36)26(37)35(20-9-5-2-6-10-20)16-17-7-3-1-4-8-17/h1-15H,16H2. The van der Waals surface area contributed by atoms with Crippen molar-refractivity contribution in [3.63, 3.8) is 0 Å². The highest BCUT2D eigenvalue weighted by atomic mass is 79.9. The summed E-state index contributed by atoms with van der Waals surface area (Å²) in [5.41, 5.74) is 0.201. The van der Waals surface area contributed by atoms with Gasteiger partial charge in [-0.25, -0.2) is 9.50 Å². The van der Waals surface area contributed by atoms with E-state index in [1.54, 1.807) is 54.6 Å². The summed E-state index contributed by atoms with van der Waals surface area (Å²) in [5.74, 6) is -0.649. The second-order valence-corrected chi connectivity index (χ2v) is 9.44. The van der Waals surface area contributed by atoms with Crippen LogP contribution < -0.4 is 4.90 Å². The Hall–Kier alpha value is -3.69. The Kier molecular flexibility index (Phi) is 6.74. The van der Waals surface area contributed by atoms with Crippen LogP contribution in [0.1, 0.15) is 21.7 Å². The van der Waals surface area contributed by atoms with Gasteiger partial charge in [0.15, 0.2) is 17.0 Å². The Morgan fingerprint density at radius 3 is 2.19 bits per heavy atom. The first-order chi connectivity index (χ1) is 17.7. The number of rotatable bonds is 5. The molecule has 0 fully saturated rings. The third kappa shape index (κ3) is 5.10. The molecule has 0 aliphatic rings. The molecule has 0 saturated heterocycles. The van der Waals surface area contributed by atoms with E-state index >= 15 is 0 Å². The molecule has 186 valence electrons. The topological polar surface area (TPSA) is 50.5 Å². The highest BCUT2D eigenvalue weighted by Gasteiger charge is 2.37. The number of hydrogen-bond acceptors (Lipinski definition) is 3. The van der Waals surface area contributed by atoms with E-state index < -0.39 is 17.8 Å². The summed E-state index contributed by atoms with van der Waals surface area (Å²) in [6.45, 7) is 0.164. The van der Waals surface area contributed by atoms with Crippen LogP contribution in [0.4, 0.5) is 18.9 Å². The van der Waals surface area contributed by atoms with Crippen molar-refractivity contribution in [2.45, 2.75) is 12.7 Å². The predicted octanol–water partition coefficient (Wildman–Crippen LogP) is 7.68. The van der Waals surface area contributed by atoms with Gasteiger partial charge in [0.05, 0.1) is 12.2 Å². The summed E-state index contributed by atoms with van der Waals surface area (Å²) in [6, 6.07) is 25.6. The molecule has 3 aromatic carbocycles. The zero-order valence-electron chi connectivity index (χ0n) is 19.0. The normalized spacial score (nSPS) is 11.6. The van der Waals surface area contributed by atoms with E-state index in [1.807, 2.05) is 30.3 Å². The van der Waals surface area contributed by atoms with Crippen LogP contribution in [0.5, 0.6) is 0 Å². The highest BCUT2D eigenvalue weighted by molar-refractivity contribution is 9.10. The fraction of sp³-hybridized carbons (Fsp3) is 0.0741. The number of amides is 1. The van der Waals surface area contributed by atoms with E-state index in [0.717, 1.165) is 16.1 Å². The van der Waals surface area contributed by atoms with Crippen molar-refractivity contribution in [1.82, 2.24) is 14.6 Å². The Bertz CT molecular complexity index is 1570. The fourth-order valence-corrected chi connectivity index (χ4v) is 4.39. The lowest BCUT2D eigenvalue weighted by molar-refractivity contribution is -0.142. The van der Waals surface area contributed by atoms with Crippen molar-refractivity contribution in [3.05, 3.63) is 117 Å². The van der Waals surface area contributed by atoms with Crippen LogP contribution in [-0.4, -0.2) is 20.5 Å². The van der Waals surface area contributed by atoms with Gasteiger partial charge in [-0.15, -0.1) is 0 Å². The van der Waals surface area contributed by atoms with Crippen LogP contribution in [0.3, 0.4) is 0 Å². The van der Waals surface area contributed by atoms with E-state index in [2.05, 4.69) is 26.0 Å². The number of anilines is 1. The van der Waals surface area contributed by atoms with Gasteiger partial charge in [-0.05, 0) is 35.9 Å². The summed E-state index contributed by atoms with van der Waals surface area (Å²) in [7, 11) is 0. The third-order valence-electron chi connectivity index (χ3n) is 5.66. The molecule has 0 unspecified atom stereocenters. The minimum absolute atomic E-state index is 0.0531. The minimum atomic E-state index is -4.77. The molecule has 0 radical (unpaired) electrons. The smallest absolute Gasteiger partial charge is 0.303 e. The van der Waals surface area contributed by atoms with Gasteiger partial charge >= 0.3 is 6.18 Å². The Morgan fingerprint density at radius 1 is 0.946 bits per heavy atom. The number of aromatic nitrogens is 3. The molecule has 2 heterocycles. The number of halogens is 5. The van der Waals surface area contributed by atoms with Crippen LogP contribution in [0.2, 0.25) is 5.02 Å². The fourth-order valence-electron chi connectivity index (χ4n) is 3.88. The van der Waals surface area contributed by atoms with Gasteiger partial charge in [0.2, 0.25) is 0 Å². The van der Waals surface area contributed by atoms with Gasteiger partial charge in [-0.3, -0.25) is 4.79 Å². The van der Waals surface area contributed by atoms with Crippen molar-refractivity contribution in [3.8, 4) is 11.3 Å². The maximum Gasteiger partial charge on any atom is 0.433 e. The average molecular weight is 586 g/mol. The average Bonchev–Trinajstić information content (AvgIpc) is 3.23. The van der Waals surface area contributed by atoms with E-state index in [1.165, 1.54) is 4.90 Å². The van der Waals surface area contributed by atoms with E-state index in [0.29, 0.717) is 15.8 Å². The molecular weight excluding hydrogens is 569 g/mol. The first-order valence-corrected chi connectivity index (χ1v) is 12.2. The lowest BCUT2D eigenvalue weighted by Crippen LogP contribution is -2.31. The highest BCUT2D eigenvalue weighted by Crippen LogP contribution is 2.35. The second-order valence-electron chi connectivity index (χ2n) is 8.14. The summed E-state index contributed by atoms with van der Waals surface area (Å²) in [6.07, 6.45) is -4.77. The third-order valence-corrected chi connectivity index (χ3v) is 6.54. The lowest BCUT2D eigenvalue weighted by atomic mass is 10.1. The van der Waals surface area contributed by atoms with Gasteiger partial charge in [-0.1, -0.05) is 88.2 Å². The van der Waals surface area contributed by atoms with Crippen LogP contribution in [0.25, 0.3) is 16.9 Å². The zero-order chi connectivity index (χ0) is 26.2. The monoisotopic (exact) mass is 584 g/mol. The molecule has 0 spiro atoms. The Labute approximate surface area is 223 Å². The van der Waals surface area contributed by atoms with Crippen molar-refractivity contribution in [2.24, 2.45) is 0 Å². The van der Waals surface area contributed by atoms with Crippen LogP contribution >= 0.6 is 27.5 Å². The molecule has 5 nitrogen and oxygen atoms in total. The van der Waals surface area contributed by atoms with Gasteiger partial charge in [-0.2, -0.15) is 18.3 Å². The van der Waals surface area contributed by atoms with Gasteiger partial charge in [0, 0.05) is 15.7 Å². The van der Waals surface area contributed by atoms with Gasteiger partial charge in [0.1, 0.15) is 5.02 Å². The number of alkyl halides is 3. The predicted molar refractivity (Wildman–Crippen MR) is 140 cm³/mol. The number of benzene rings is 3. The van der Waals surface area contributed by atoms with E-state index in [-0.39, 0.29) is 28.6 Å². The molecular formula is C27H17BrClF3N4O. The Balaban J connectivity index is 1.66. The largest absolute Gasteiger partial charge is 0.433 e. The molecule has 0 aliphatic heterocycles. The van der Waals surface area contributed by atoms with Crippen LogP contribution in [0, 0.1) is 0 Å². The minimum Gasteiger partial charge on any atom is -0.303 e. The Morgan fingerprint density at radius 2 is 1.57 bits per heavy atom. The first-order valence-electron chi connectivity index (χ1n) is 11.1. The zero-order valence-corrected chi connectivity index (χ0v) is 21.3. The number of nitrogens with zero attached hydrogens (tertiary/aromatic N) is 4. The molecule has 0 aliphatic carbocycles. The van der Waals surface area contributed by atoms with E-state index in [9.17, 15) is 18.0 Å². The molecule has 5 rings (SSSR count). The van der Waals surface area contributed by atoms with Crippen molar-refractivity contribution < 1.29 is 18.0 Å². The summed E-state index contributed by atoms with van der Waals surface area (Å²) >= 11 is 9.84. The quantitative estimate of drug-likeness (QED) is 0.213. The number of para-hydroxylation sites is 1. The molecule has 5 aromatic rings. The van der Waals surface area contributed by atoms with Crippen molar-refractivity contribution in [1.29, 1.82) is 0 Å². The molecule has 0 atom stereocenters. The maximum absolute atomic E-state index is 14.1. The molecule has 0 bridgehead atoms. The summed E-state index contributed by atoms with van der Waals surface area (Å²) in [5, 5.41) is 3.76. The van der Waals surface area contributed by atoms with Crippen molar-refractivity contribution in [2.75, 3.05) is 4.90 Å². The summed E-state index contributed by atoms with van der Waals surface area (Å²) in [4.78, 5) is 19.5. The van der Waals surface area contributed by atoms with E-state index in [4.69, 9.17) is 11.6 Å². The lowest BCUT2D eigenvalue weighted by Gasteiger charge is -2.22. The SMILES string of the molecule is O=C(c1nn2c(C(F)(F)F)cc(-c3ccc(Br)cc3)nc2c1Cl)N(Cc1ccccc1)c1ccccc1. The van der Waals surface area contributed by atoms with Crippen molar-refractivity contribution >= 4 is 44.8 Å². The number of fused-ring (bicyclic) bond motifs is 1.